The number of nitrogens with zero attached hydrogens (tertiary/aromatic N) is 4. The van der Waals surface area contributed by atoms with Gasteiger partial charge in [0.2, 0.25) is 15.8 Å². The van der Waals surface area contributed by atoms with E-state index < -0.39 is 10.0 Å². The van der Waals surface area contributed by atoms with E-state index in [1.807, 2.05) is 37.3 Å². The molecule has 2 heterocycles. The molecule has 180 valence electrons. The molecule has 1 saturated heterocycles. The first-order chi connectivity index (χ1) is 16.8. The number of hydrogen-bond donors (Lipinski definition) is 0. The predicted molar refractivity (Wildman–Crippen MR) is 137 cm³/mol. The monoisotopic (exact) mass is 488 g/mol. The van der Waals surface area contributed by atoms with Gasteiger partial charge >= 0.3 is 0 Å². The van der Waals surface area contributed by atoms with Crippen molar-refractivity contribution in [1.29, 1.82) is 0 Å². The molecule has 0 aliphatic carbocycles. The van der Waals surface area contributed by atoms with Gasteiger partial charge in [0, 0.05) is 36.9 Å². The van der Waals surface area contributed by atoms with Crippen molar-refractivity contribution in [1.82, 2.24) is 14.4 Å². The van der Waals surface area contributed by atoms with E-state index in [-0.39, 0.29) is 16.8 Å². The molecule has 4 aromatic rings. The van der Waals surface area contributed by atoms with E-state index in [2.05, 4.69) is 47.1 Å². The maximum atomic E-state index is 13.8. The molecular formula is C27H28N4O3S. The number of rotatable bonds is 5. The SMILES string of the molecule is Cc1ccc(-c2noc(-c3ccccc3S(=O)(=O)N3CCN(c4cccc(C)c4)[C@H](C)C3)n2)cc1. The van der Waals surface area contributed by atoms with Crippen molar-refractivity contribution in [3.63, 3.8) is 0 Å². The van der Waals surface area contributed by atoms with Crippen LogP contribution in [-0.2, 0) is 10.0 Å². The average Bonchev–Trinajstić information content (AvgIpc) is 3.34. The van der Waals surface area contributed by atoms with Gasteiger partial charge in [0.15, 0.2) is 0 Å². The van der Waals surface area contributed by atoms with Crippen LogP contribution in [0.5, 0.6) is 0 Å². The number of aromatic nitrogens is 2. The molecule has 0 bridgehead atoms. The topological polar surface area (TPSA) is 79.5 Å². The Bertz CT molecular complexity index is 1450. The molecule has 1 atom stereocenters. The van der Waals surface area contributed by atoms with Crippen LogP contribution in [0.2, 0.25) is 0 Å². The first-order valence-corrected chi connectivity index (χ1v) is 13.1. The fourth-order valence-corrected chi connectivity index (χ4v) is 6.19. The molecular weight excluding hydrogens is 460 g/mol. The maximum Gasteiger partial charge on any atom is 0.259 e. The Balaban J connectivity index is 1.42. The van der Waals surface area contributed by atoms with Crippen LogP contribution in [0.25, 0.3) is 22.8 Å². The van der Waals surface area contributed by atoms with Crippen LogP contribution in [0.4, 0.5) is 5.69 Å². The van der Waals surface area contributed by atoms with Gasteiger partial charge in [-0.2, -0.15) is 9.29 Å². The molecule has 1 aromatic heterocycles. The molecule has 0 amide bonds. The molecule has 35 heavy (non-hydrogen) atoms. The predicted octanol–water partition coefficient (Wildman–Crippen LogP) is 4.92. The summed E-state index contributed by atoms with van der Waals surface area (Å²) < 4.78 is 34.6. The molecule has 1 fully saturated rings. The Kier molecular flexibility index (Phi) is 6.17. The van der Waals surface area contributed by atoms with Gasteiger partial charge in [-0.05, 0) is 50.6 Å². The highest BCUT2D eigenvalue weighted by molar-refractivity contribution is 7.89. The van der Waals surface area contributed by atoms with Crippen molar-refractivity contribution in [2.45, 2.75) is 31.7 Å². The zero-order chi connectivity index (χ0) is 24.6. The number of piperazine rings is 1. The van der Waals surface area contributed by atoms with Crippen molar-refractivity contribution in [2.24, 2.45) is 0 Å². The summed E-state index contributed by atoms with van der Waals surface area (Å²) in [6, 6.07) is 22.9. The highest BCUT2D eigenvalue weighted by atomic mass is 32.2. The minimum Gasteiger partial charge on any atom is -0.366 e. The zero-order valence-electron chi connectivity index (χ0n) is 20.0. The first kappa shape index (κ1) is 23.3. The largest absolute Gasteiger partial charge is 0.366 e. The zero-order valence-corrected chi connectivity index (χ0v) is 20.9. The Morgan fingerprint density at radius 3 is 2.43 bits per heavy atom. The number of benzene rings is 3. The van der Waals surface area contributed by atoms with Crippen molar-refractivity contribution in [2.75, 3.05) is 24.5 Å². The summed E-state index contributed by atoms with van der Waals surface area (Å²) in [5, 5.41) is 4.09. The van der Waals surface area contributed by atoms with Crippen molar-refractivity contribution < 1.29 is 12.9 Å². The Hall–Kier alpha value is -3.49. The van der Waals surface area contributed by atoms with E-state index in [0.717, 1.165) is 16.8 Å². The summed E-state index contributed by atoms with van der Waals surface area (Å²) in [7, 11) is -3.77. The van der Waals surface area contributed by atoms with Gasteiger partial charge in [0.1, 0.15) is 0 Å². The molecule has 0 N–H and O–H groups in total. The number of anilines is 1. The van der Waals surface area contributed by atoms with Crippen LogP contribution in [0.3, 0.4) is 0 Å². The van der Waals surface area contributed by atoms with Crippen LogP contribution >= 0.6 is 0 Å². The summed E-state index contributed by atoms with van der Waals surface area (Å²) in [6.45, 7) is 7.53. The molecule has 8 heteroatoms. The van der Waals surface area contributed by atoms with Crippen molar-refractivity contribution >= 4 is 15.7 Å². The summed E-state index contributed by atoms with van der Waals surface area (Å²) in [5.41, 5.74) is 4.65. The molecule has 0 radical (unpaired) electrons. The van der Waals surface area contributed by atoms with Gasteiger partial charge in [-0.15, -0.1) is 0 Å². The molecule has 1 aliphatic heterocycles. The number of aryl methyl sites for hydroxylation is 2. The number of hydrogen-bond acceptors (Lipinski definition) is 6. The fourth-order valence-electron chi connectivity index (χ4n) is 4.49. The van der Waals surface area contributed by atoms with Gasteiger partial charge in [-0.1, -0.05) is 59.3 Å². The molecule has 7 nitrogen and oxygen atoms in total. The second-order valence-electron chi connectivity index (χ2n) is 9.03. The molecule has 0 saturated carbocycles. The quantitative estimate of drug-likeness (QED) is 0.397. The fraction of sp³-hybridized carbons (Fsp3) is 0.259. The third-order valence-electron chi connectivity index (χ3n) is 6.39. The Labute approximate surface area is 206 Å². The molecule has 3 aromatic carbocycles. The lowest BCUT2D eigenvalue weighted by molar-refractivity contribution is 0.342. The van der Waals surface area contributed by atoms with Crippen molar-refractivity contribution in [3.05, 3.63) is 83.9 Å². The highest BCUT2D eigenvalue weighted by Gasteiger charge is 2.34. The summed E-state index contributed by atoms with van der Waals surface area (Å²) in [6.07, 6.45) is 0. The Morgan fingerprint density at radius 1 is 0.914 bits per heavy atom. The molecule has 0 spiro atoms. The second-order valence-corrected chi connectivity index (χ2v) is 10.9. The minimum atomic E-state index is -3.77. The summed E-state index contributed by atoms with van der Waals surface area (Å²) >= 11 is 0. The molecule has 5 rings (SSSR count). The smallest absolute Gasteiger partial charge is 0.259 e. The van der Waals surface area contributed by atoms with E-state index in [0.29, 0.717) is 31.0 Å². The van der Waals surface area contributed by atoms with Crippen molar-refractivity contribution in [3.8, 4) is 22.8 Å². The van der Waals surface area contributed by atoms with Crippen LogP contribution in [0.1, 0.15) is 18.1 Å². The lowest BCUT2D eigenvalue weighted by Crippen LogP contribution is -2.53. The Morgan fingerprint density at radius 2 is 1.69 bits per heavy atom. The average molecular weight is 489 g/mol. The molecule has 1 aliphatic rings. The van der Waals surface area contributed by atoms with E-state index in [9.17, 15) is 8.42 Å². The first-order valence-electron chi connectivity index (χ1n) is 11.7. The van der Waals surface area contributed by atoms with Gasteiger partial charge in [-0.25, -0.2) is 8.42 Å². The van der Waals surface area contributed by atoms with Gasteiger partial charge < -0.3 is 9.42 Å². The van der Waals surface area contributed by atoms with Crippen LogP contribution in [0, 0.1) is 13.8 Å². The number of sulfonamides is 1. The third kappa shape index (κ3) is 4.59. The minimum absolute atomic E-state index is 0.0315. The van der Waals surface area contributed by atoms with Gasteiger partial charge in [0.25, 0.3) is 5.89 Å². The van der Waals surface area contributed by atoms with E-state index in [1.54, 1.807) is 28.6 Å². The van der Waals surface area contributed by atoms with Crippen LogP contribution in [0.15, 0.2) is 82.2 Å². The second kappa shape index (κ2) is 9.28. The lowest BCUT2D eigenvalue weighted by atomic mass is 10.1. The van der Waals surface area contributed by atoms with Gasteiger partial charge in [0.05, 0.1) is 10.5 Å². The van der Waals surface area contributed by atoms with Crippen LogP contribution in [-0.4, -0.2) is 48.5 Å². The maximum absolute atomic E-state index is 13.8. The highest BCUT2D eigenvalue weighted by Crippen LogP contribution is 2.32. The van der Waals surface area contributed by atoms with E-state index >= 15 is 0 Å². The molecule has 0 unspecified atom stereocenters. The van der Waals surface area contributed by atoms with E-state index in [1.165, 1.54) is 5.56 Å². The summed E-state index contributed by atoms with van der Waals surface area (Å²) in [4.78, 5) is 6.94. The summed E-state index contributed by atoms with van der Waals surface area (Å²) in [5.74, 6) is 0.610. The normalized spacial score (nSPS) is 17.0. The van der Waals surface area contributed by atoms with E-state index in [4.69, 9.17) is 4.52 Å². The third-order valence-corrected chi connectivity index (χ3v) is 8.32. The van der Waals surface area contributed by atoms with Gasteiger partial charge in [-0.3, -0.25) is 0 Å². The van der Waals surface area contributed by atoms with Crippen LogP contribution < -0.4 is 4.90 Å². The lowest BCUT2D eigenvalue weighted by Gasteiger charge is -2.40. The standard InChI is InChI=1S/C27H28N4O3S/c1-19-11-13-22(14-12-19)26-28-27(34-29-26)24-9-4-5-10-25(24)35(32,33)30-15-16-31(21(3)18-30)23-8-6-7-20(2)17-23/h4-14,17,21H,15-16,18H2,1-3H3/t21-/m1/s1.